The predicted octanol–water partition coefficient (Wildman–Crippen LogP) is 3.69. The minimum atomic E-state index is -1.10. The first-order chi connectivity index (χ1) is 18.7. The minimum Gasteiger partial charge on any atom is -0.465 e. The molecule has 2 aliphatic heterocycles. The van der Waals surface area contributed by atoms with Gasteiger partial charge in [-0.2, -0.15) is 0 Å². The molecule has 0 radical (unpaired) electrons. The van der Waals surface area contributed by atoms with Gasteiger partial charge in [-0.3, -0.25) is 9.59 Å². The smallest absolute Gasteiger partial charge is 0.407 e. The number of aryl methyl sites for hydroxylation is 1. The Balaban J connectivity index is 1.67. The van der Waals surface area contributed by atoms with E-state index in [-0.39, 0.29) is 36.6 Å². The molecule has 10 nitrogen and oxygen atoms in total. The molecule has 3 heterocycles. The van der Waals surface area contributed by atoms with Crippen molar-refractivity contribution in [3.8, 4) is 0 Å². The van der Waals surface area contributed by atoms with Gasteiger partial charge in [0.05, 0.1) is 23.0 Å². The topological polar surface area (TPSA) is 108 Å². The van der Waals surface area contributed by atoms with E-state index in [1.54, 1.807) is 18.1 Å². The first kappa shape index (κ1) is 28.8. The summed E-state index contributed by atoms with van der Waals surface area (Å²) < 4.78 is 21.0. The fourth-order valence-corrected chi connectivity index (χ4v) is 5.76. The van der Waals surface area contributed by atoms with Gasteiger partial charge in [-0.05, 0) is 50.2 Å². The number of ether oxygens (including phenoxy) is 1. The lowest BCUT2D eigenvalue weighted by atomic mass is 9.91. The number of hydrogen-bond donors (Lipinski definition) is 1. The van der Waals surface area contributed by atoms with Crippen LogP contribution in [0.3, 0.4) is 0 Å². The molecule has 214 valence electrons. The highest BCUT2D eigenvalue weighted by Crippen LogP contribution is 2.28. The zero-order valence-electron chi connectivity index (χ0n) is 23.1. The standard InChI is InChI=1S/C28H40FN5O5/c1-19(2)16-34(22-14-20(17-32(18-22)28(37)38)26(35)31-10-4-5-11-31)27(36)25-30-23-15-21(29)8-9-24(23)33(25)12-6-7-13-39-3/h8-9,15,19-20,22H,4-7,10-14,16-18H2,1-3H3,(H,37,38)/t20-,22+/m1/s1. The number of hydrogen-bond acceptors (Lipinski definition) is 5. The number of rotatable bonds is 10. The summed E-state index contributed by atoms with van der Waals surface area (Å²) in [5.41, 5.74) is 1.06. The lowest BCUT2D eigenvalue weighted by Gasteiger charge is -2.42. The summed E-state index contributed by atoms with van der Waals surface area (Å²) in [6.45, 7) is 7.08. The van der Waals surface area contributed by atoms with Crippen molar-refractivity contribution in [2.24, 2.45) is 11.8 Å². The second-order valence-corrected chi connectivity index (χ2v) is 11.1. The van der Waals surface area contributed by atoms with E-state index in [0.717, 1.165) is 25.7 Å². The molecule has 4 rings (SSSR count). The molecule has 0 bridgehead atoms. The number of unbranched alkanes of at least 4 members (excludes halogenated alkanes) is 1. The lowest BCUT2D eigenvalue weighted by molar-refractivity contribution is -0.136. The first-order valence-electron chi connectivity index (χ1n) is 13.9. The average Bonchev–Trinajstić information content (AvgIpc) is 3.57. The van der Waals surface area contributed by atoms with E-state index in [9.17, 15) is 23.9 Å². The number of carbonyl (C=O) groups is 3. The second-order valence-electron chi connectivity index (χ2n) is 11.1. The van der Waals surface area contributed by atoms with Crippen LogP contribution >= 0.6 is 0 Å². The van der Waals surface area contributed by atoms with Crippen LogP contribution in [0.4, 0.5) is 9.18 Å². The van der Waals surface area contributed by atoms with E-state index in [0.29, 0.717) is 50.2 Å². The Bertz CT molecular complexity index is 1180. The van der Waals surface area contributed by atoms with Crippen LogP contribution in [0.1, 0.15) is 56.6 Å². The van der Waals surface area contributed by atoms with Crippen molar-refractivity contribution in [1.82, 2.24) is 24.3 Å². The van der Waals surface area contributed by atoms with E-state index in [4.69, 9.17) is 4.74 Å². The van der Waals surface area contributed by atoms with E-state index in [2.05, 4.69) is 4.98 Å². The quantitative estimate of drug-likeness (QED) is 0.456. The molecule has 2 aromatic rings. The average molecular weight is 546 g/mol. The van der Waals surface area contributed by atoms with Crippen molar-refractivity contribution in [3.63, 3.8) is 0 Å². The molecular weight excluding hydrogens is 505 g/mol. The van der Waals surface area contributed by atoms with Crippen LogP contribution in [0, 0.1) is 17.7 Å². The number of halogens is 1. The van der Waals surface area contributed by atoms with Crippen LogP contribution in [-0.2, 0) is 16.1 Å². The summed E-state index contributed by atoms with van der Waals surface area (Å²) >= 11 is 0. The largest absolute Gasteiger partial charge is 0.465 e. The fourth-order valence-electron chi connectivity index (χ4n) is 5.76. The van der Waals surface area contributed by atoms with Gasteiger partial charge in [0.25, 0.3) is 5.91 Å². The van der Waals surface area contributed by atoms with E-state index >= 15 is 0 Å². The fraction of sp³-hybridized carbons (Fsp3) is 0.643. The van der Waals surface area contributed by atoms with Gasteiger partial charge in [0, 0.05) is 59.1 Å². The molecule has 1 aromatic heterocycles. The summed E-state index contributed by atoms with van der Waals surface area (Å²) in [4.78, 5) is 48.9. The van der Waals surface area contributed by atoms with Gasteiger partial charge in [-0.25, -0.2) is 14.2 Å². The molecular formula is C28H40FN5O5. The Morgan fingerprint density at radius 3 is 2.56 bits per heavy atom. The monoisotopic (exact) mass is 545 g/mol. The van der Waals surface area contributed by atoms with Crippen molar-refractivity contribution in [3.05, 3.63) is 29.8 Å². The summed E-state index contributed by atoms with van der Waals surface area (Å²) in [7, 11) is 1.64. The van der Waals surface area contributed by atoms with Crippen molar-refractivity contribution in [2.75, 3.05) is 46.4 Å². The maximum Gasteiger partial charge on any atom is 0.407 e. The summed E-state index contributed by atoms with van der Waals surface area (Å²) in [6, 6.07) is 3.83. The van der Waals surface area contributed by atoms with Crippen LogP contribution in [0.2, 0.25) is 0 Å². The number of benzene rings is 1. The molecule has 0 unspecified atom stereocenters. The van der Waals surface area contributed by atoms with Gasteiger partial charge in [0.2, 0.25) is 5.91 Å². The molecule has 2 saturated heterocycles. The number of nitrogens with zero attached hydrogens (tertiary/aromatic N) is 5. The van der Waals surface area contributed by atoms with E-state index < -0.39 is 23.9 Å². The first-order valence-corrected chi connectivity index (χ1v) is 13.9. The number of fused-ring (bicyclic) bond motifs is 1. The van der Waals surface area contributed by atoms with Gasteiger partial charge < -0.3 is 29.1 Å². The minimum absolute atomic E-state index is 0.0405. The van der Waals surface area contributed by atoms with E-state index in [1.165, 1.54) is 17.0 Å². The summed E-state index contributed by atoms with van der Waals surface area (Å²) in [5, 5.41) is 9.88. The zero-order valence-corrected chi connectivity index (χ0v) is 23.1. The number of aromatic nitrogens is 2. The molecule has 0 aliphatic carbocycles. The van der Waals surface area contributed by atoms with Crippen LogP contribution in [-0.4, -0.2) is 99.7 Å². The highest BCUT2D eigenvalue weighted by molar-refractivity contribution is 5.95. The molecule has 39 heavy (non-hydrogen) atoms. The van der Waals surface area contributed by atoms with Gasteiger partial charge >= 0.3 is 6.09 Å². The van der Waals surface area contributed by atoms with E-state index in [1.807, 2.05) is 23.3 Å². The molecule has 2 fully saturated rings. The SMILES string of the molecule is COCCCCn1c(C(=O)N(CC(C)C)[C@H]2C[C@@H](C(=O)N3CCCC3)CN(C(=O)O)C2)nc2cc(F)ccc21. The normalized spacial score (nSPS) is 19.7. The maximum atomic E-state index is 14.2. The van der Waals surface area contributed by atoms with Crippen LogP contribution in [0.5, 0.6) is 0 Å². The molecule has 1 N–H and O–H groups in total. The Kier molecular flexibility index (Phi) is 9.42. The number of carbonyl (C=O) groups excluding carboxylic acids is 2. The molecule has 1 aromatic carbocycles. The van der Waals surface area contributed by atoms with Crippen molar-refractivity contribution in [2.45, 2.75) is 58.5 Å². The van der Waals surface area contributed by atoms with Crippen LogP contribution < -0.4 is 0 Å². The second kappa shape index (κ2) is 12.8. The van der Waals surface area contributed by atoms with Crippen LogP contribution in [0.25, 0.3) is 11.0 Å². The maximum absolute atomic E-state index is 14.2. The number of imidazole rings is 1. The molecule has 0 spiro atoms. The number of piperidine rings is 1. The molecule has 0 saturated carbocycles. The number of carboxylic acid groups (broad SMARTS) is 1. The molecule has 3 amide bonds. The predicted molar refractivity (Wildman–Crippen MR) is 144 cm³/mol. The Hall–Kier alpha value is -3.21. The number of likely N-dealkylation sites (tertiary alicyclic amines) is 2. The zero-order chi connectivity index (χ0) is 28.1. The lowest BCUT2D eigenvalue weighted by Crippen LogP contribution is -2.57. The number of methoxy groups -OCH3 is 1. The van der Waals surface area contributed by atoms with Crippen molar-refractivity contribution < 1.29 is 28.6 Å². The third kappa shape index (κ3) is 6.69. The third-order valence-corrected chi connectivity index (χ3v) is 7.61. The highest BCUT2D eigenvalue weighted by Gasteiger charge is 2.41. The number of amides is 3. The summed E-state index contributed by atoms with van der Waals surface area (Å²) in [5.74, 6) is -1.03. The molecule has 11 heteroatoms. The van der Waals surface area contributed by atoms with Gasteiger partial charge in [-0.1, -0.05) is 13.8 Å². The van der Waals surface area contributed by atoms with Crippen molar-refractivity contribution >= 4 is 28.9 Å². The van der Waals surface area contributed by atoms with Gasteiger partial charge in [0.15, 0.2) is 5.82 Å². The van der Waals surface area contributed by atoms with Crippen LogP contribution in [0.15, 0.2) is 18.2 Å². The Labute approximate surface area is 228 Å². The Morgan fingerprint density at radius 1 is 1.15 bits per heavy atom. The summed E-state index contributed by atoms with van der Waals surface area (Å²) in [6.07, 6.45) is 2.71. The molecule has 2 aliphatic rings. The highest BCUT2D eigenvalue weighted by atomic mass is 19.1. The van der Waals surface area contributed by atoms with Gasteiger partial charge in [-0.15, -0.1) is 0 Å². The van der Waals surface area contributed by atoms with Gasteiger partial charge in [0.1, 0.15) is 5.82 Å². The Morgan fingerprint density at radius 2 is 1.90 bits per heavy atom. The molecule has 2 atom stereocenters. The van der Waals surface area contributed by atoms with Crippen molar-refractivity contribution in [1.29, 1.82) is 0 Å². The third-order valence-electron chi connectivity index (χ3n) is 7.61.